The molecule has 0 spiro atoms. The van der Waals surface area contributed by atoms with Crippen LogP contribution in [-0.2, 0) is 0 Å². The van der Waals surface area contributed by atoms with Crippen LogP contribution >= 0.6 is 0 Å². The Hall–Kier alpha value is -0.660. The smallest absolute Gasteiger partial charge is 0.174 e. The maximum Gasteiger partial charge on any atom is 0.266 e. The number of hydrogen-bond acceptors (Lipinski definition) is 0. The molecule has 2 aliphatic carbocycles. The summed E-state index contributed by atoms with van der Waals surface area (Å²) in [6.45, 7) is 3.88. The van der Waals surface area contributed by atoms with Gasteiger partial charge in [-0.2, -0.15) is 8.78 Å². The highest BCUT2D eigenvalue weighted by Gasteiger charge is 2.29. The van der Waals surface area contributed by atoms with Gasteiger partial charge in [-0.05, 0) is 81.1 Å². The molecule has 0 saturated heterocycles. The molecule has 0 radical (unpaired) electrons. The van der Waals surface area contributed by atoms with E-state index in [1.807, 2.05) is 0 Å². The van der Waals surface area contributed by atoms with E-state index in [0.717, 1.165) is 43.4 Å². The van der Waals surface area contributed by atoms with Crippen molar-refractivity contribution in [2.45, 2.75) is 51.4 Å². The normalized spacial score (nSPS) is 37.0. The molecule has 2 heteroatoms. The van der Waals surface area contributed by atoms with Gasteiger partial charge in [0.25, 0.3) is 6.08 Å². The SMILES string of the molecule is C=CC1CCC(C2CCC(C=C(F)F)CC2)CC1. The summed E-state index contributed by atoms with van der Waals surface area (Å²) < 4.78 is 24.4. The summed E-state index contributed by atoms with van der Waals surface area (Å²) in [5.41, 5.74) is 0. The van der Waals surface area contributed by atoms with Gasteiger partial charge in [-0.25, -0.2) is 0 Å². The molecule has 2 saturated carbocycles. The highest BCUT2D eigenvalue weighted by atomic mass is 19.3. The molecule has 0 heterocycles. The van der Waals surface area contributed by atoms with Gasteiger partial charge in [0.2, 0.25) is 0 Å². The molecule has 0 N–H and O–H groups in total. The molecule has 0 bridgehead atoms. The summed E-state index contributed by atoms with van der Waals surface area (Å²) in [6.07, 6.45) is 11.2. The molecular formula is C16H24F2. The van der Waals surface area contributed by atoms with Gasteiger partial charge >= 0.3 is 0 Å². The molecule has 18 heavy (non-hydrogen) atoms. The molecule has 2 rings (SSSR count). The molecule has 0 aliphatic heterocycles. The van der Waals surface area contributed by atoms with E-state index in [1.165, 1.54) is 31.8 Å². The zero-order chi connectivity index (χ0) is 13.0. The second kappa shape index (κ2) is 6.49. The fourth-order valence-electron chi connectivity index (χ4n) is 3.81. The van der Waals surface area contributed by atoms with Crippen LogP contribution in [-0.4, -0.2) is 0 Å². The summed E-state index contributed by atoms with van der Waals surface area (Å²) in [5.74, 6) is 2.50. The van der Waals surface area contributed by atoms with E-state index in [4.69, 9.17) is 0 Å². The standard InChI is InChI=1S/C16H24F2/c1-2-12-3-7-14(8-4-12)15-9-5-13(6-10-15)11-16(17)18/h2,11-15H,1,3-10H2. The summed E-state index contributed by atoms with van der Waals surface area (Å²) in [6, 6.07) is 0. The molecule has 102 valence electrons. The van der Waals surface area contributed by atoms with Gasteiger partial charge in [0.05, 0.1) is 0 Å². The first-order chi connectivity index (χ1) is 8.69. The lowest BCUT2D eigenvalue weighted by Crippen LogP contribution is -2.25. The largest absolute Gasteiger partial charge is 0.266 e. The van der Waals surface area contributed by atoms with Gasteiger partial charge in [-0.1, -0.05) is 6.08 Å². The van der Waals surface area contributed by atoms with Crippen LogP contribution in [0, 0.1) is 23.7 Å². The minimum Gasteiger partial charge on any atom is -0.174 e. The van der Waals surface area contributed by atoms with Crippen molar-refractivity contribution >= 4 is 0 Å². The highest BCUT2D eigenvalue weighted by molar-refractivity contribution is 4.93. The van der Waals surface area contributed by atoms with Crippen molar-refractivity contribution in [1.29, 1.82) is 0 Å². The molecule has 0 amide bonds. The van der Waals surface area contributed by atoms with Crippen LogP contribution in [0.5, 0.6) is 0 Å². The van der Waals surface area contributed by atoms with Crippen LogP contribution in [0.1, 0.15) is 51.4 Å². The number of hydrogen-bond donors (Lipinski definition) is 0. The van der Waals surface area contributed by atoms with Gasteiger partial charge in [-0.3, -0.25) is 0 Å². The molecular weight excluding hydrogens is 230 g/mol. The quantitative estimate of drug-likeness (QED) is 0.578. The zero-order valence-electron chi connectivity index (χ0n) is 11.1. The first kappa shape index (κ1) is 13.8. The minimum absolute atomic E-state index is 0.135. The van der Waals surface area contributed by atoms with Crippen LogP contribution in [0.3, 0.4) is 0 Å². The van der Waals surface area contributed by atoms with Crippen molar-refractivity contribution < 1.29 is 8.78 Å². The molecule has 0 unspecified atom stereocenters. The van der Waals surface area contributed by atoms with E-state index in [9.17, 15) is 8.78 Å². The first-order valence-electron chi connectivity index (χ1n) is 7.34. The van der Waals surface area contributed by atoms with E-state index in [2.05, 4.69) is 12.7 Å². The third-order valence-electron chi connectivity index (χ3n) is 4.99. The average molecular weight is 254 g/mol. The number of rotatable bonds is 3. The maximum atomic E-state index is 12.2. The van der Waals surface area contributed by atoms with E-state index in [-0.39, 0.29) is 5.92 Å². The second-order valence-electron chi connectivity index (χ2n) is 6.04. The Morgan fingerprint density at radius 1 is 0.778 bits per heavy atom. The highest BCUT2D eigenvalue weighted by Crippen LogP contribution is 2.41. The van der Waals surface area contributed by atoms with E-state index >= 15 is 0 Å². The summed E-state index contributed by atoms with van der Waals surface area (Å²) in [4.78, 5) is 0. The molecule has 2 aliphatic rings. The Labute approximate surface area is 109 Å². The Morgan fingerprint density at radius 3 is 1.61 bits per heavy atom. The van der Waals surface area contributed by atoms with Gasteiger partial charge in [0, 0.05) is 0 Å². The average Bonchev–Trinajstić information content (AvgIpc) is 2.39. The van der Waals surface area contributed by atoms with Crippen molar-refractivity contribution in [2.24, 2.45) is 23.7 Å². The van der Waals surface area contributed by atoms with Gasteiger partial charge in [-0.15, -0.1) is 6.58 Å². The van der Waals surface area contributed by atoms with Crippen LogP contribution in [0.4, 0.5) is 8.78 Å². The lowest BCUT2D eigenvalue weighted by Gasteiger charge is -2.36. The van der Waals surface area contributed by atoms with E-state index < -0.39 is 6.08 Å². The Kier molecular flexibility index (Phi) is 4.96. The minimum atomic E-state index is -1.50. The summed E-state index contributed by atoms with van der Waals surface area (Å²) in [5, 5.41) is 0. The predicted octanol–water partition coefficient (Wildman–Crippen LogP) is 5.57. The van der Waals surface area contributed by atoms with Crippen LogP contribution < -0.4 is 0 Å². The Balaban J connectivity index is 1.76. The van der Waals surface area contributed by atoms with Gasteiger partial charge < -0.3 is 0 Å². The topological polar surface area (TPSA) is 0 Å². The van der Waals surface area contributed by atoms with Crippen molar-refractivity contribution in [3.8, 4) is 0 Å². The third kappa shape index (κ3) is 3.66. The monoisotopic (exact) mass is 254 g/mol. The number of allylic oxidation sites excluding steroid dienone is 2. The molecule has 0 nitrogen and oxygen atoms in total. The van der Waals surface area contributed by atoms with Gasteiger partial charge in [0.15, 0.2) is 0 Å². The van der Waals surface area contributed by atoms with E-state index in [0.29, 0.717) is 0 Å². The van der Waals surface area contributed by atoms with E-state index in [1.54, 1.807) is 0 Å². The molecule has 0 aromatic rings. The molecule has 0 atom stereocenters. The predicted molar refractivity (Wildman–Crippen MR) is 71.4 cm³/mol. The van der Waals surface area contributed by atoms with Crippen LogP contribution in [0.15, 0.2) is 24.8 Å². The number of halogens is 2. The molecule has 2 fully saturated rings. The van der Waals surface area contributed by atoms with Crippen molar-refractivity contribution in [1.82, 2.24) is 0 Å². The lowest BCUT2D eigenvalue weighted by molar-refractivity contribution is 0.165. The molecule has 0 aromatic heterocycles. The Morgan fingerprint density at radius 2 is 1.22 bits per heavy atom. The fraction of sp³-hybridized carbons (Fsp3) is 0.750. The van der Waals surface area contributed by atoms with Crippen LogP contribution in [0.25, 0.3) is 0 Å². The third-order valence-corrected chi connectivity index (χ3v) is 4.99. The summed E-state index contributed by atoms with van der Waals surface area (Å²) in [7, 11) is 0. The first-order valence-corrected chi connectivity index (χ1v) is 7.34. The van der Waals surface area contributed by atoms with Gasteiger partial charge in [0.1, 0.15) is 0 Å². The Bertz CT molecular complexity index is 288. The lowest BCUT2D eigenvalue weighted by atomic mass is 9.69. The van der Waals surface area contributed by atoms with Crippen molar-refractivity contribution in [2.75, 3.05) is 0 Å². The van der Waals surface area contributed by atoms with Crippen molar-refractivity contribution in [3.05, 3.63) is 24.8 Å². The van der Waals surface area contributed by atoms with Crippen LogP contribution in [0.2, 0.25) is 0 Å². The second-order valence-corrected chi connectivity index (χ2v) is 6.04. The molecule has 0 aromatic carbocycles. The van der Waals surface area contributed by atoms with Crippen molar-refractivity contribution in [3.63, 3.8) is 0 Å². The fourth-order valence-corrected chi connectivity index (χ4v) is 3.81. The summed E-state index contributed by atoms with van der Waals surface area (Å²) >= 11 is 0. The zero-order valence-corrected chi connectivity index (χ0v) is 11.1. The maximum absolute atomic E-state index is 12.2.